The molecule has 1 unspecified atom stereocenters. The van der Waals surface area contributed by atoms with Gasteiger partial charge in [0.2, 0.25) is 10.0 Å². The van der Waals surface area contributed by atoms with Gasteiger partial charge >= 0.3 is 0 Å². The molecule has 3 aliphatic rings. The van der Waals surface area contributed by atoms with Gasteiger partial charge in [-0.05, 0) is 43.5 Å². The molecular weight excluding hydrogens is 424 g/mol. The van der Waals surface area contributed by atoms with Crippen LogP contribution < -0.4 is 10.6 Å². The van der Waals surface area contributed by atoms with Crippen molar-refractivity contribution >= 4 is 27.4 Å². The summed E-state index contributed by atoms with van der Waals surface area (Å²) in [7, 11) is -4.07. The first kappa shape index (κ1) is 20.3. The zero-order chi connectivity index (χ0) is 21.6. The predicted molar refractivity (Wildman–Crippen MR) is 114 cm³/mol. The molecule has 10 heteroatoms. The van der Waals surface area contributed by atoms with Gasteiger partial charge in [0.1, 0.15) is 23.0 Å². The quantitative estimate of drug-likeness (QED) is 0.754. The number of amidine groups is 1. The van der Waals surface area contributed by atoms with E-state index in [0.717, 1.165) is 43.5 Å². The lowest BCUT2D eigenvalue weighted by molar-refractivity contribution is 0.465. The highest BCUT2D eigenvalue weighted by Gasteiger charge is 2.49. The van der Waals surface area contributed by atoms with Crippen molar-refractivity contribution < 1.29 is 17.2 Å². The molecular formula is C21H23F2N5O2S. The number of rotatable bonds is 3. The Balaban J connectivity index is 1.50. The first-order valence-corrected chi connectivity index (χ1v) is 11.8. The second kappa shape index (κ2) is 7.52. The maximum Gasteiger partial charge on any atom is 0.243 e. The fourth-order valence-electron chi connectivity index (χ4n) is 4.63. The number of sulfonamides is 1. The third kappa shape index (κ3) is 3.67. The van der Waals surface area contributed by atoms with E-state index in [1.807, 2.05) is 6.07 Å². The van der Waals surface area contributed by atoms with E-state index in [0.29, 0.717) is 24.1 Å². The number of hydrogen-bond acceptors (Lipinski definition) is 5. The molecule has 2 aromatic rings. The van der Waals surface area contributed by atoms with Crippen molar-refractivity contribution in [1.82, 2.24) is 9.29 Å². The molecule has 31 heavy (non-hydrogen) atoms. The molecule has 2 aliphatic heterocycles. The lowest BCUT2D eigenvalue weighted by atomic mass is 9.93. The second-order valence-corrected chi connectivity index (χ2v) is 10.3. The second-order valence-electron chi connectivity index (χ2n) is 8.34. The van der Waals surface area contributed by atoms with Crippen LogP contribution >= 0.6 is 0 Å². The Morgan fingerprint density at radius 1 is 1.16 bits per heavy atom. The summed E-state index contributed by atoms with van der Waals surface area (Å²) in [6.07, 6.45) is 6.41. The van der Waals surface area contributed by atoms with Crippen molar-refractivity contribution in [3.63, 3.8) is 0 Å². The largest absolute Gasteiger partial charge is 0.369 e. The van der Waals surface area contributed by atoms with Gasteiger partial charge in [-0.2, -0.15) is 4.31 Å². The normalized spacial score (nSPS) is 25.5. The molecule has 1 saturated carbocycles. The molecule has 0 bridgehead atoms. The highest BCUT2D eigenvalue weighted by Crippen LogP contribution is 2.38. The molecule has 7 nitrogen and oxygen atoms in total. The Labute approximate surface area is 179 Å². The zero-order valence-corrected chi connectivity index (χ0v) is 17.6. The third-order valence-corrected chi connectivity index (χ3v) is 8.04. The van der Waals surface area contributed by atoms with Gasteiger partial charge in [-0.1, -0.05) is 12.8 Å². The van der Waals surface area contributed by atoms with E-state index in [-0.39, 0.29) is 24.0 Å². The minimum absolute atomic E-state index is 0.0976. The summed E-state index contributed by atoms with van der Waals surface area (Å²) < 4.78 is 54.9. The number of fused-ring (bicyclic) bond motifs is 1. The molecule has 1 spiro atoms. The van der Waals surface area contributed by atoms with Crippen LogP contribution in [0.5, 0.6) is 0 Å². The first-order valence-electron chi connectivity index (χ1n) is 10.4. The molecule has 1 saturated heterocycles. The van der Waals surface area contributed by atoms with Gasteiger partial charge in [-0.15, -0.1) is 0 Å². The molecule has 1 aromatic carbocycles. The monoisotopic (exact) mass is 447 g/mol. The Bertz CT molecular complexity index is 1130. The van der Waals surface area contributed by atoms with Gasteiger partial charge in [-0.25, -0.2) is 22.2 Å². The number of pyridine rings is 1. The fraction of sp³-hybridized carbons (Fsp3) is 0.429. The van der Waals surface area contributed by atoms with E-state index in [4.69, 9.17) is 4.99 Å². The highest BCUT2D eigenvalue weighted by atomic mass is 32.2. The van der Waals surface area contributed by atoms with Crippen LogP contribution in [0.25, 0.3) is 0 Å². The number of halogens is 2. The molecule has 2 N–H and O–H groups in total. The number of anilines is 2. The zero-order valence-electron chi connectivity index (χ0n) is 16.8. The number of benzene rings is 1. The maximum atomic E-state index is 13.7. The van der Waals surface area contributed by atoms with Gasteiger partial charge in [0.25, 0.3) is 0 Å². The maximum absolute atomic E-state index is 13.7. The molecule has 2 fully saturated rings. The summed E-state index contributed by atoms with van der Waals surface area (Å²) in [4.78, 5) is 8.93. The highest BCUT2D eigenvalue weighted by molar-refractivity contribution is 7.89. The molecule has 1 aromatic heterocycles. The van der Waals surface area contributed by atoms with Crippen LogP contribution in [0.2, 0.25) is 0 Å². The topological polar surface area (TPSA) is 86.7 Å². The lowest BCUT2D eigenvalue weighted by Gasteiger charge is -2.38. The van der Waals surface area contributed by atoms with Gasteiger partial charge in [0.05, 0.1) is 16.6 Å². The van der Waals surface area contributed by atoms with E-state index < -0.39 is 27.2 Å². The van der Waals surface area contributed by atoms with Crippen molar-refractivity contribution in [2.24, 2.45) is 4.99 Å². The van der Waals surface area contributed by atoms with Gasteiger partial charge in [0, 0.05) is 25.4 Å². The molecule has 164 valence electrons. The molecule has 3 heterocycles. The van der Waals surface area contributed by atoms with Crippen molar-refractivity contribution in [3.8, 4) is 0 Å². The Morgan fingerprint density at radius 3 is 2.65 bits per heavy atom. The summed E-state index contributed by atoms with van der Waals surface area (Å²) in [5, 5.41) is 6.78. The standard InChI is InChI=1S/C21H23F2N5O2S/c22-14-10-15(23)12-17(11-14)31(29,30)28-9-7-21(13-28)20(25-16-4-1-2-5-16)26-19-18(27-21)6-3-8-24-19/h3,6,8,10-12,16,27H,1-2,4-5,7,9,13H2,(H,24,25,26). The van der Waals surface area contributed by atoms with Crippen LogP contribution in [-0.4, -0.2) is 48.2 Å². The SMILES string of the molecule is O=S(=O)(c1cc(F)cc(F)c1)N1CCC2(C1)Nc1cccnc1NC2=NC1CCCC1. The minimum Gasteiger partial charge on any atom is -0.369 e. The van der Waals surface area contributed by atoms with Crippen molar-refractivity contribution in [2.75, 3.05) is 23.7 Å². The van der Waals surface area contributed by atoms with Crippen molar-refractivity contribution in [2.45, 2.75) is 48.6 Å². The first-order chi connectivity index (χ1) is 14.9. The molecule has 1 aliphatic carbocycles. The lowest BCUT2D eigenvalue weighted by Crippen LogP contribution is -2.55. The Kier molecular flexibility index (Phi) is 4.93. The summed E-state index contributed by atoms with van der Waals surface area (Å²) in [5.41, 5.74) is 0.0151. The van der Waals surface area contributed by atoms with Gasteiger partial charge in [0.15, 0.2) is 5.82 Å². The van der Waals surface area contributed by atoms with Crippen LogP contribution in [0.1, 0.15) is 32.1 Å². The van der Waals surface area contributed by atoms with Crippen LogP contribution in [0.4, 0.5) is 20.3 Å². The summed E-state index contributed by atoms with van der Waals surface area (Å²) in [6.45, 7) is 0.300. The van der Waals surface area contributed by atoms with E-state index in [1.54, 1.807) is 12.3 Å². The average Bonchev–Trinajstić information content (AvgIpc) is 3.39. The number of nitrogens with zero attached hydrogens (tertiary/aromatic N) is 3. The Morgan fingerprint density at radius 2 is 1.90 bits per heavy atom. The summed E-state index contributed by atoms with van der Waals surface area (Å²) in [6, 6.07) is 6.23. The van der Waals surface area contributed by atoms with Crippen LogP contribution in [0.3, 0.4) is 0 Å². The van der Waals surface area contributed by atoms with E-state index in [1.165, 1.54) is 4.31 Å². The number of hydrogen-bond donors (Lipinski definition) is 2. The molecule has 0 amide bonds. The van der Waals surface area contributed by atoms with Crippen LogP contribution in [0.15, 0.2) is 46.4 Å². The fourth-order valence-corrected chi connectivity index (χ4v) is 6.17. The van der Waals surface area contributed by atoms with Gasteiger partial charge in [-0.3, -0.25) is 4.99 Å². The third-order valence-electron chi connectivity index (χ3n) is 6.22. The summed E-state index contributed by atoms with van der Waals surface area (Å²) in [5.74, 6) is -0.519. The van der Waals surface area contributed by atoms with Crippen molar-refractivity contribution in [1.29, 1.82) is 0 Å². The van der Waals surface area contributed by atoms with Crippen LogP contribution in [0, 0.1) is 11.6 Å². The van der Waals surface area contributed by atoms with E-state index in [9.17, 15) is 17.2 Å². The molecule has 1 atom stereocenters. The van der Waals surface area contributed by atoms with E-state index >= 15 is 0 Å². The number of aromatic nitrogens is 1. The smallest absolute Gasteiger partial charge is 0.243 e. The van der Waals surface area contributed by atoms with Crippen LogP contribution in [-0.2, 0) is 10.0 Å². The van der Waals surface area contributed by atoms with E-state index in [2.05, 4.69) is 15.6 Å². The number of nitrogens with one attached hydrogen (secondary N) is 2. The molecule has 5 rings (SSSR count). The molecule has 0 radical (unpaired) electrons. The van der Waals surface area contributed by atoms with Gasteiger partial charge < -0.3 is 10.6 Å². The Hall–Kier alpha value is -2.59. The predicted octanol–water partition coefficient (Wildman–Crippen LogP) is 3.37. The van der Waals surface area contributed by atoms with Crippen molar-refractivity contribution in [3.05, 3.63) is 48.2 Å². The summed E-state index contributed by atoms with van der Waals surface area (Å²) >= 11 is 0. The minimum atomic E-state index is -4.07. The average molecular weight is 448 g/mol. The number of aliphatic imine (C=N–C) groups is 1.